The summed E-state index contributed by atoms with van der Waals surface area (Å²) in [6, 6.07) is 11.8. The maximum absolute atomic E-state index is 14.5. The highest BCUT2D eigenvalue weighted by Gasteiger charge is 2.52. The van der Waals surface area contributed by atoms with Crippen molar-refractivity contribution in [1.29, 1.82) is 5.41 Å². The topological polar surface area (TPSA) is 73.3 Å². The monoisotopic (exact) mass is 379 g/mol. The van der Waals surface area contributed by atoms with Crippen LogP contribution in [-0.4, -0.2) is 31.0 Å². The number of benzene rings is 2. The van der Waals surface area contributed by atoms with Gasteiger partial charge in [-0.3, -0.25) is 5.41 Å². The van der Waals surface area contributed by atoms with Crippen molar-refractivity contribution in [1.82, 2.24) is 9.62 Å². The Balaban J connectivity index is 2.19. The Morgan fingerprint density at radius 2 is 1.85 bits per heavy atom. The molecule has 2 aromatic rings. The smallest absolute Gasteiger partial charge is 0.243 e. The lowest BCUT2D eigenvalue weighted by molar-refractivity contribution is 0.337. The van der Waals surface area contributed by atoms with Gasteiger partial charge in [0, 0.05) is 12.6 Å². The van der Waals surface area contributed by atoms with E-state index in [2.05, 4.69) is 5.32 Å². The molecule has 2 N–H and O–H groups in total. The van der Waals surface area contributed by atoms with Crippen molar-refractivity contribution in [2.75, 3.05) is 7.05 Å². The molecule has 0 aliphatic carbocycles. The Hall–Kier alpha value is -2.48. The summed E-state index contributed by atoms with van der Waals surface area (Å²) < 4.78 is 55.2. The average Bonchev–Trinajstić information content (AvgIpc) is 2.60. The molecule has 0 saturated carbocycles. The summed E-state index contributed by atoms with van der Waals surface area (Å²) in [6.45, 7) is 1.48. The van der Waals surface area contributed by atoms with Crippen molar-refractivity contribution in [3.63, 3.8) is 0 Å². The zero-order chi connectivity index (χ0) is 19.1. The predicted octanol–water partition coefficient (Wildman–Crippen LogP) is 2.59. The van der Waals surface area contributed by atoms with E-state index >= 15 is 0 Å². The molecule has 0 aromatic heterocycles. The minimum Gasteiger partial charge on any atom is -0.345 e. The zero-order valence-corrected chi connectivity index (χ0v) is 15.1. The number of nitrogens with zero attached hydrogens (tertiary/aromatic N) is 1. The number of guanidine groups is 1. The largest absolute Gasteiger partial charge is 0.345 e. The second kappa shape index (κ2) is 6.35. The van der Waals surface area contributed by atoms with Crippen molar-refractivity contribution >= 4 is 16.0 Å². The molecule has 1 aliphatic rings. The number of rotatable bonds is 3. The maximum atomic E-state index is 14.5. The van der Waals surface area contributed by atoms with E-state index in [9.17, 15) is 17.2 Å². The van der Waals surface area contributed by atoms with Crippen LogP contribution in [0.4, 0.5) is 8.78 Å². The van der Waals surface area contributed by atoms with Crippen molar-refractivity contribution < 1.29 is 17.2 Å². The second-order valence-electron chi connectivity index (χ2n) is 6.49. The molecule has 5 nitrogen and oxygen atoms in total. The highest BCUT2D eigenvalue weighted by atomic mass is 32.2. The van der Waals surface area contributed by atoms with Gasteiger partial charge in [0.2, 0.25) is 16.0 Å². The molecule has 1 heterocycles. The summed E-state index contributed by atoms with van der Waals surface area (Å²) in [6.07, 6.45) is 0.0836. The van der Waals surface area contributed by atoms with Crippen LogP contribution < -0.4 is 5.32 Å². The van der Waals surface area contributed by atoms with Crippen LogP contribution in [0.3, 0.4) is 0 Å². The fourth-order valence-electron chi connectivity index (χ4n) is 3.29. The lowest BCUT2D eigenvalue weighted by Crippen LogP contribution is -2.66. The van der Waals surface area contributed by atoms with Gasteiger partial charge in [-0.15, -0.1) is 0 Å². The van der Waals surface area contributed by atoms with E-state index in [1.54, 1.807) is 24.3 Å². The molecule has 0 spiro atoms. The Kier molecular flexibility index (Phi) is 4.47. The first-order valence-electron chi connectivity index (χ1n) is 8.00. The van der Waals surface area contributed by atoms with E-state index < -0.39 is 32.4 Å². The number of hydrogen-bond donors (Lipinski definition) is 2. The molecule has 1 fully saturated rings. The van der Waals surface area contributed by atoms with E-state index in [1.807, 2.05) is 6.07 Å². The number of sulfonamides is 1. The lowest BCUT2D eigenvalue weighted by atomic mass is 9.84. The Labute approximate surface area is 151 Å². The van der Waals surface area contributed by atoms with Gasteiger partial charge in [-0.2, -0.15) is 0 Å². The molecular weight excluding hydrogens is 360 g/mol. The SMILES string of the molecule is CN1C(=N)N[C@](C)(c2cc(F)ccc2F)[C@H](Cc2ccccc2)S1(=O)=O. The average molecular weight is 379 g/mol. The Morgan fingerprint density at radius 1 is 1.19 bits per heavy atom. The van der Waals surface area contributed by atoms with E-state index in [4.69, 9.17) is 5.41 Å². The lowest BCUT2D eigenvalue weighted by Gasteiger charge is -2.46. The third-order valence-electron chi connectivity index (χ3n) is 4.83. The third-order valence-corrected chi connectivity index (χ3v) is 7.13. The van der Waals surface area contributed by atoms with E-state index in [1.165, 1.54) is 14.0 Å². The molecule has 2 atom stereocenters. The van der Waals surface area contributed by atoms with Gasteiger partial charge in [0.05, 0.1) is 5.54 Å². The molecule has 8 heteroatoms. The van der Waals surface area contributed by atoms with Crippen molar-refractivity contribution in [2.45, 2.75) is 24.1 Å². The van der Waals surface area contributed by atoms with Gasteiger partial charge >= 0.3 is 0 Å². The number of hydrogen-bond acceptors (Lipinski definition) is 3. The molecule has 26 heavy (non-hydrogen) atoms. The highest BCUT2D eigenvalue weighted by molar-refractivity contribution is 7.90. The first kappa shape index (κ1) is 18.3. The van der Waals surface area contributed by atoms with Crippen molar-refractivity contribution in [2.24, 2.45) is 0 Å². The fraction of sp³-hybridized carbons (Fsp3) is 0.278. The molecule has 1 saturated heterocycles. The van der Waals surface area contributed by atoms with Gasteiger partial charge in [0.1, 0.15) is 16.9 Å². The van der Waals surface area contributed by atoms with Gasteiger partial charge in [-0.25, -0.2) is 21.5 Å². The summed E-state index contributed by atoms with van der Waals surface area (Å²) in [7, 11) is -2.71. The molecule has 3 rings (SSSR count). The zero-order valence-electron chi connectivity index (χ0n) is 14.3. The van der Waals surface area contributed by atoms with Crippen molar-refractivity contribution in [3.05, 3.63) is 71.3 Å². The van der Waals surface area contributed by atoms with Crippen LogP contribution in [0.5, 0.6) is 0 Å². The first-order valence-corrected chi connectivity index (χ1v) is 9.50. The van der Waals surface area contributed by atoms with Gasteiger partial charge < -0.3 is 5.32 Å². The Morgan fingerprint density at radius 3 is 2.50 bits per heavy atom. The summed E-state index contributed by atoms with van der Waals surface area (Å²) in [5, 5.41) is 9.61. The number of nitrogens with one attached hydrogen (secondary N) is 2. The fourth-order valence-corrected chi connectivity index (χ4v) is 5.16. The molecule has 1 aliphatic heterocycles. The predicted molar refractivity (Wildman–Crippen MR) is 95.2 cm³/mol. The molecule has 0 bridgehead atoms. The minimum absolute atomic E-state index is 0.0836. The quantitative estimate of drug-likeness (QED) is 0.861. The summed E-state index contributed by atoms with van der Waals surface area (Å²) in [4.78, 5) is 0. The van der Waals surface area contributed by atoms with Crippen LogP contribution in [0.1, 0.15) is 18.1 Å². The molecular formula is C18H19F2N3O2S. The van der Waals surface area contributed by atoms with Crippen LogP contribution in [0.15, 0.2) is 48.5 Å². The molecule has 0 amide bonds. The van der Waals surface area contributed by atoms with Gasteiger partial charge in [0.25, 0.3) is 0 Å². The minimum atomic E-state index is -3.98. The van der Waals surface area contributed by atoms with E-state index in [0.717, 1.165) is 28.1 Å². The van der Waals surface area contributed by atoms with Gasteiger partial charge in [0.15, 0.2) is 0 Å². The van der Waals surface area contributed by atoms with Crippen LogP contribution in [0.2, 0.25) is 0 Å². The summed E-state index contributed by atoms with van der Waals surface area (Å²) >= 11 is 0. The number of halogens is 2. The van der Waals surface area contributed by atoms with Gasteiger partial charge in [-0.05, 0) is 37.1 Å². The van der Waals surface area contributed by atoms with E-state index in [0.29, 0.717) is 0 Å². The summed E-state index contributed by atoms with van der Waals surface area (Å²) in [5.74, 6) is -1.79. The Bertz CT molecular complexity index is 950. The third kappa shape index (κ3) is 2.94. The normalized spacial score (nSPS) is 25.0. The molecule has 0 unspecified atom stereocenters. The maximum Gasteiger partial charge on any atom is 0.243 e. The first-order chi connectivity index (χ1) is 12.2. The van der Waals surface area contributed by atoms with Crippen molar-refractivity contribution in [3.8, 4) is 0 Å². The standard InChI is InChI=1S/C18H19F2N3O2S/c1-18(14-11-13(19)8-9-15(14)20)16(10-12-6-4-3-5-7-12)26(24,25)23(2)17(21)22-18/h3-9,11,16H,10H2,1-2H3,(H2,21,22)/t16-,18+/m0/s1. The highest BCUT2D eigenvalue weighted by Crippen LogP contribution is 2.37. The van der Waals surface area contributed by atoms with Gasteiger partial charge in [-0.1, -0.05) is 30.3 Å². The summed E-state index contributed by atoms with van der Waals surface area (Å²) in [5.41, 5.74) is -0.891. The second-order valence-corrected chi connectivity index (χ2v) is 8.64. The van der Waals surface area contributed by atoms with E-state index in [-0.39, 0.29) is 17.9 Å². The molecule has 138 valence electrons. The molecule has 0 radical (unpaired) electrons. The van der Waals surface area contributed by atoms with Crippen LogP contribution >= 0.6 is 0 Å². The van der Waals surface area contributed by atoms with Crippen LogP contribution in [0.25, 0.3) is 0 Å². The van der Waals surface area contributed by atoms with Crippen LogP contribution in [0, 0.1) is 17.0 Å². The van der Waals surface area contributed by atoms with Crippen LogP contribution in [-0.2, 0) is 22.0 Å². The molecule has 2 aromatic carbocycles.